The molecule has 0 spiro atoms. The predicted molar refractivity (Wildman–Crippen MR) is 59.2 cm³/mol. The van der Waals surface area contributed by atoms with Gasteiger partial charge in [-0.25, -0.2) is 0 Å². The van der Waals surface area contributed by atoms with E-state index in [1.54, 1.807) is 0 Å². The summed E-state index contributed by atoms with van der Waals surface area (Å²) in [6.07, 6.45) is 0.723. The first-order chi connectivity index (χ1) is 7.24. The fourth-order valence-corrected chi connectivity index (χ4v) is 3.70. The lowest BCUT2D eigenvalue weighted by molar-refractivity contribution is -0.146. The van der Waals surface area contributed by atoms with E-state index < -0.39 is 21.7 Å². The van der Waals surface area contributed by atoms with Gasteiger partial charge in [0.1, 0.15) is 5.54 Å². The molecule has 1 aliphatic heterocycles. The topological polar surface area (TPSA) is 77.9 Å². The number of hydrogen-bond donors (Lipinski definition) is 1. The molecule has 6 nitrogen and oxygen atoms in total. The van der Waals surface area contributed by atoms with Crippen molar-refractivity contribution >= 4 is 16.2 Å². The van der Waals surface area contributed by atoms with Crippen molar-refractivity contribution in [1.29, 1.82) is 0 Å². The van der Waals surface area contributed by atoms with Crippen LogP contribution in [0.1, 0.15) is 27.2 Å². The van der Waals surface area contributed by atoms with Gasteiger partial charge in [0.05, 0.1) is 0 Å². The summed E-state index contributed by atoms with van der Waals surface area (Å²) in [4.78, 5) is 11.0. The molecule has 0 bridgehead atoms. The SMILES string of the molecule is CCCN1CCN(C(C)(C)C(=O)O)S1(=O)=O. The summed E-state index contributed by atoms with van der Waals surface area (Å²) < 4.78 is 26.4. The van der Waals surface area contributed by atoms with Crippen molar-refractivity contribution in [2.24, 2.45) is 0 Å². The van der Waals surface area contributed by atoms with Crippen molar-refractivity contribution in [3.8, 4) is 0 Å². The minimum atomic E-state index is -3.61. The van der Waals surface area contributed by atoms with Crippen molar-refractivity contribution in [1.82, 2.24) is 8.61 Å². The van der Waals surface area contributed by atoms with Gasteiger partial charge in [-0.05, 0) is 20.3 Å². The van der Waals surface area contributed by atoms with Crippen molar-refractivity contribution < 1.29 is 18.3 Å². The number of carbonyl (C=O) groups is 1. The van der Waals surface area contributed by atoms with Gasteiger partial charge in [0.2, 0.25) is 0 Å². The highest BCUT2D eigenvalue weighted by Crippen LogP contribution is 2.26. The molecule has 0 atom stereocenters. The molecule has 0 aliphatic carbocycles. The predicted octanol–water partition coefficient (Wildman–Crippen LogP) is 0.122. The van der Waals surface area contributed by atoms with Crippen LogP contribution in [0, 0.1) is 0 Å². The minimum Gasteiger partial charge on any atom is -0.480 e. The van der Waals surface area contributed by atoms with Gasteiger partial charge in [-0.3, -0.25) is 4.79 Å². The molecular formula is C9H18N2O4S. The third kappa shape index (κ3) is 2.07. The molecule has 0 radical (unpaired) electrons. The fraction of sp³-hybridized carbons (Fsp3) is 0.889. The van der Waals surface area contributed by atoms with Crippen molar-refractivity contribution in [3.63, 3.8) is 0 Å². The zero-order chi connectivity index (χ0) is 12.6. The van der Waals surface area contributed by atoms with E-state index in [2.05, 4.69) is 0 Å². The van der Waals surface area contributed by atoms with Crippen LogP contribution in [-0.4, -0.2) is 53.3 Å². The summed E-state index contributed by atoms with van der Waals surface area (Å²) in [5, 5.41) is 9.03. The summed E-state index contributed by atoms with van der Waals surface area (Å²) >= 11 is 0. The summed E-state index contributed by atoms with van der Waals surface area (Å²) in [5.74, 6) is -1.13. The van der Waals surface area contributed by atoms with E-state index in [4.69, 9.17) is 5.11 Å². The first-order valence-electron chi connectivity index (χ1n) is 5.26. The van der Waals surface area contributed by atoms with Crippen LogP contribution in [0.4, 0.5) is 0 Å². The van der Waals surface area contributed by atoms with Gasteiger partial charge in [-0.1, -0.05) is 6.92 Å². The highest BCUT2D eigenvalue weighted by molar-refractivity contribution is 7.87. The van der Waals surface area contributed by atoms with Crippen molar-refractivity contribution in [2.75, 3.05) is 19.6 Å². The van der Waals surface area contributed by atoms with Crippen LogP contribution < -0.4 is 0 Å². The molecule has 1 aliphatic rings. The fourth-order valence-electron chi connectivity index (χ4n) is 1.72. The van der Waals surface area contributed by atoms with Crippen LogP contribution in [0.15, 0.2) is 0 Å². The van der Waals surface area contributed by atoms with Gasteiger partial charge < -0.3 is 5.11 Å². The molecule has 1 N–H and O–H groups in total. The number of carboxylic acids is 1. The smallest absolute Gasteiger partial charge is 0.324 e. The van der Waals surface area contributed by atoms with E-state index in [0.29, 0.717) is 13.1 Å². The summed E-state index contributed by atoms with van der Waals surface area (Å²) in [6, 6.07) is 0. The molecule has 0 saturated carbocycles. The highest BCUT2D eigenvalue weighted by Gasteiger charge is 2.48. The largest absolute Gasteiger partial charge is 0.480 e. The van der Waals surface area contributed by atoms with Gasteiger partial charge in [0.15, 0.2) is 0 Å². The lowest BCUT2D eigenvalue weighted by atomic mass is 10.1. The third-order valence-electron chi connectivity index (χ3n) is 2.78. The van der Waals surface area contributed by atoms with E-state index in [1.165, 1.54) is 18.2 Å². The van der Waals surface area contributed by atoms with Crippen molar-refractivity contribution in [2.45, 2.75) is 32.7 Å². The van der Waals surface area contributed by atoms with Crippen LogP contribution in [0.25, 0.3) is 0 Å². The molecule has 1 saturated heterocycles. The standard InChI is InChI=1S/C9H18N2O4S/c1-4-5-10-6-7-11(16(10,14)15)9(2,3)8(12)13/h4-7H2,1-3H3,(H,12,13). The molecule has 0 aromatic rings. The monoisotopic (exact) mass is 250 g/mol. The molecule has 7 heteroatoms. The Labute approximate surface area is 96.0 Å². The quantitative estimate of drug-likeness (QED) is 0.769. The highest BCUT2D eigenvalue weighted by atomic mass is 32.2. The molecule has 0 aromatic heterocycles. The number of carboxylic acid groups (broad SMARTS) is 1. The normalized spacial score (nSPS) is 22.4. The van der Waals surface area contributed by atoms with Gasteiger partial charge >= 0.3 is 5.97 Å². The molecule has 16 heavy (non-hydrogen) atoms. The summed E-state index contributed by atoms with van der Waals surface area (Å²) in [6.45, 7) is 5.74. The van der Waals surface area contributed by atoms with Gasteiger partial charge in [-0.2, -0.15) is 17.0 Å². The molecule has 94 valence electrons. The van der Waals surface area contributed by atoms with E-state index >= 15 is 0 Å². The maximum atomic E-state index is 12.0. The summed E-state index contributed by atoms with van der Waals surface area (Å²) in [7, 11) is -3.61. The maximum Gasteiger partial charge on any atom is 0.324 e. The summed E-state index contributed by atoms with van der Waals surface area (Å²) in [5.41, 5.74) is -1.39. The van der Waals surface area contributed by atoms with Crippen molar-refractivity contribution in [3.05, 3.63) is 0 Å². The molecular weight excluding hydrogens is 232 g/mol. The van der Waals surface area contributed by atoms with Crippen LogP contribution in [0.5, 0.6) is 0 Å². The second-order valence-corrected chi connectivity index (χ2v) is 6.20. The number of nitrogens with zero attached hydrogens (tertiary/aromatic N) is 2. The van der Waals surface area contributed by atoms with E-state index in [1.807, 2.05) is 6.92 Å². The molecule has 1 fully saturated rings. The number of hydrogen-bond acceptors (Lipinski definition) is 3. The molecule has 0 amide bonds. The Morgan fingerprint density at radius 1 is 1.38 bits per heavy atom. The molecule has 1 rings (SSSR count). The number of aliphatic carboxylic acids is 1. The molecule has 0 unspecified atom stereocenters. The minimum absolute atomic E-state index is 0.238. The zero-order valence-corrected chi connectivity index (χ0v) is 10.6. The van der Waals surface area contributed by atoms with E-state index in [-0.39, 0.29) is 6.54 Å². The van der Waals surface area contributed by atoms with Gasteiger partial charge in [0.25, 0.3) is 10.2 Å². The zero-order valence-electron chi connectivity index (χ0n) is 9.80. The average molecular weight is 250 g/mol. The van der Waals surface area contributed by atoms with Gasteiger partial charge in [0, 0.05) is 19.6 Å². The van der Waals surface area contributed by atoms with Crippen LogP contribution in [0.2, 0.25) is 0 Å². The van der Waals surface area contributed by atoms with E-state index in [9.17, 15) is 13.2 Å². The Morgan fingerprint density at radius 3 is 2.38 bits per heavy atom. The first-order valence-corrected chi connectivity index (χ1v) is 6.65. The molecule has 1 heterocycles. The Morgan fingerprint density at radius 2 is 1.94 bits per heavy atom. The Bertz CT molecular complexity index is 377. The molecule has 0 aromatic carbocycles. The van der Waals surface area contributed by atoms with E-state index in [0.717, 1.165) is 10.7 Å². The lowest BCUT2D eigenvalue weighted by Crippen LogP contribution is -2.52. The Hall–Kier alpha value is -0.660. The lowest BCUT2D eigenvalue weighted by Gasteiger charge is -2.29. The maximum absolute atomic E-state index is 12.0. The Kier molecular flexibility index (Phi) is 3.61. The third-order valence-corrected chi connectivity index (χ3v) is 4.99. The Balaban J connectivity index is 2.99. The second kappa shape index (κ2) is 4.31. The van der Waals surface area contributed by atoms with Gasteiger partial charge in [-0.15, -0.1) is 0 Å². The van der Waals surface area contributed by atoms with Crippen LogP contribution >= 0.6 is 0 Å². The van der Waals surface area contributed by atoms with Crippen LogP contribution in [-0.2, 0) is 15.0 Å². The van der Waals surface area contributed by atoms with Crippen LogP contribution in [0.3, 0.4) is 0 Å². The number of rotatable bonds is 4. The second-order valence-electron chi connectivity index (χ2n) is 4.34. The first kappa shape index (κ1) is 13.4. The average Bonchev–Trinajstić information content (AvgIpc) is 2.43.